The molecule has 1 aromatic heterocycles. The number of nitrogens with zero attached hydrogens (tertiary/aromatic N) is 2. The highest BCUT2D eigenvalue weighted by atomic mass is 35.5. The molecule has 1 N–H and O–H groups in total. The lowest BCUT2D eigenvalue weighted by Crippen LogP contribution is -2.14. The first-order chi connectivity index (χ1) is 12.3. The quantitative estimate of drug-likeness (QED) is 0.337. The molecule has 1 fully saturated rings. The van der Waals surface area contributed by atoms with Gasteiger partial charge >= 0.3 is 6.18 Å². The molecule has 0 spiro atoms. The molecular formula is C17H14Cl2F3N3S. The van der Waals surface area contributed by atoms with Crippen molar-refractivity contribution in [3.63, 3.8) is 0 Å². The van der Waals surface area contributed by atoms with Crippen LogP contribution in [0.2, 0.25) is 10.0 Å². The number of nitrogens with one attached hydrogen (secondary N) is 1. The second-order valence-corrected chi connectivity index (χ2v) is 7.61. The van der Waals surface area contributed by atoms with Crippen LogP contribution in [0.3, 0.4) is 0 Å². The van der Waals surface area contributed by atoms with E-state index in [4.69, 9.17) is 23.2 Å². The van der Waals surface area contributed by atoms with Gasteiger partial charge in [-0.2, -0.15) is 13.2 Å². The zero-order valence-electron chi connectivity index (χ0n) is 13.4. The second kappa shape index (κ2) is 8.06. The number of thioether (sulfide) groups is 1. The molecule has 1 heterocycles. The molecule has 0 atom stereocenters. The minimum Gasteiger partial charge on any atom is -0.342 e. The smallest absolute Gasteiger partial charge is 0.342 e. The Morgan fingerprint density at radius 2 is 2.04 bits per heavy atom. The fourth-order valence-electron chi connectivity index (χ4n) is 2.17. The van der Waals surface area contributed by atoms with Crippen molar-refractivity contribution >= 4 is 52.2 Å². The number of alkyl halides is 3. The maximum absolute atomic E-state index is 12.5. The molecule has 138 valence electrons. The average Bonchev–Trinajstić information content (AvgIpc) is 3.40. The number of rotatable bonds is 5. The summed E-state index contributed by atoms with van der Waals surface area (Å²) in [4.78, 5) is 8.89. The summed E-state index contributed by atoms with van der Waals surface area (Å²) in [5.41, 5.74) is 1.17. The van der Waals surface area contributed by atoms with Gasteiger partial charge in [-0.3, -0.25) is 4.98 Å². The number of hydrogen-bond donors (Lipinski definition) is 1. The van der Waals surface area contributed by atoms with Gasteiger partial charge in [-0.25, -0.2) is 4.99 Å². The Kier molecular flexibility index (Phi) is 5.99. The Bertz CT molecular complexity index is 809. The van der Waals surface area contributed by atoms with E-state index < -0.39 is 11.9 Å². The van der Waals surface area contributed by atoms with Crippen LogP contribution in [-0.2, 0) is 0 Å². The number of pyridine rings is 1. The van der Waals surface area contributed by atoms with Crippen LogP contribution in [-0.4, -0.2) is 22.7 Å². The molecular weight excluding hydrogens is 406 g/mol. The van der Waals surface area contributed by atoms with E-state index in [1.54, 1.807) is 18.5 Å². The minimum atomic E-state index is -4.28. The van der Waals surface area contributed by atoms with Crippen molar-refractivity contribution in [3.05, 3.63) is 46.7 Å². The molecule has 1 aliphatic rings. The van der Waals surface area contributed by atoms with Gasteiger partial charge in [-0.15, -0.1) is 11.8 Å². The highest BCUT2D eigenvalue weighted by Crippen LogP contribution is 2.40. The van der Waals surface area contributed by atoms with Crippen LogP contribution in [0.15, 0.2) is 46.5 Å². The molecule has 9 heteroatoms. The summed E-state index contributed by atoms with van der Waals surface area (Å²) < 4.78 is 37.5. The molecule has 0 amide bonds. The van der Waals surface area contributed by atoms with E-state index in [2.05, 4.69) is 15.3 Å². The Balaban J connectivity index is 1.87. The van der Waals surface area contributed by atoms with E-state index >= 15 is 0 Å². The van der Waals surface area contributed by atoms with Crippen LogP contribution >= 0.6 is 35.0 Å². The summed E-state index contributed by atoms with van der Waals surface area (Å²) in [6, 6.07) is 6.58. The number of aromatic nitrogens is 1. The van der Waals surface area contributed by atoms with Gasteiger partial charge in [0.2, 0.25) is 0 Å². The predicted molar refractivity (Wildman–Crippen MR) is 101 cm³/mol. The number of aliphatic imine (C=N–C) groups is 1. The molecule has 26 heavy (non-hydrogen) atoms. The van der Waals surface area contributed by atoms with Crippen LogP contribution in [0.4, 0.5) is 24.5 Å². The summed E-state index contributed by atoms with van der Waals surface area (Å²) >= 11 is 12.8. The van der Waals surface area contributed by atoms with Gasteiger partial charge in [-0.1, -0.05) is 23.2 Å². The molecule has 1 saturated carbocycles. The summed E-state index contributed by atoms with van der Waals surface area (Å²) in [7, 11) is 0. The average molecular weight is 420 g/mol. The third-order valence-electron chi connectivity index (χ3n) is 3.53. The van der Waals surface area contributed by atoms with Crippen LogP contribution in [0.5, 0.6) is 0 Å². The van der Waals surface area contributed by atoms with Crippen LogP contribution in [0.1, 0.15) is 12.8 Å². The summed E-state index contributed by atoms with van der Waals surface area (Å²) in [6.45, 7) is 0. The van der Waals surface area contributed by atoms with Crippen LogP contribution < -0.4 is 5.32 Å². The summed E-state index contributed by atoms with van der Waals surface area (Å²) in [5, 5.41) is 3.68. The van der Waals surface area contributed by atoms with E-state index in [0.717, 1.165) is 18.5 Å². The molecule has 1 aromatic carbocycles. The zero-order chi connectivity index (χ0) is 18.7. The van der Waals surface area contributed by atoms with E-state index in [9.17, 15) is 13.2 Å². The van der Waals surface area contributed by atoms with Crippen molar-refractivity contribution in [2.75, 3.05) is 11.1 Å². The lowest BCUT2D eigenvalue weighted by atomic mass is 10.3. The molecule has 0 radical (unpaired) electrons. The molecule has 0 bridgehead atoms. The standard InChI is InChI=1S/C17H14Cl2F3N3S/c18-12-6-13(19)15(26-9-17(20,21)22)7-14(12)25-16(10-3-4-10)24-11-2-1-5-23-8-11/h1-2,5-8,10H,3-4,9H2,(H,24,25). The highest BCUT2D eigenvalue weighted by Gasteiger charge is 2.29. The molecule has 0 saturated heterocycles. The van der Waals surface area contributed by atoms with E-state index in [0.29, 0.717) is 28.2 Å². The summed E-state index contributed by atoms with van der Waals surface area (Å²) in [6.07, 6.45) is 1.05. The van der Waals surface area contributed by atoms with Gasteiger partial charge in [0.15, 0.2) is 0 Å². The number of halogens is 5. The Morgan fingerprint density at radius 3 is 2.65 bits per heavy atom. The Hall–Kier alpha value is -1.44. The minimum absolute atomic E-state index is 0.177. The number of benzene rings is 1. The first kappa shape index (κ1) is 19.3. The van der Waals surface area contributed by atoms with Crippen molar-refractivity contribution in [2.24, 2.45) is 10.9 Å². The molecule has 0 unspecified atom stereocenters. The van der Waals surface area contributed by atoms with Crippen molar-refractivity contribution in [3.8, 4) is 0 Å². The van der Waals surface area contributed by atoms with Gasteiger partial charge in [0, 0.05) is 17.0 Å². The largest absolute Gasteiger partial charge is 0.398 e. The normalized spacial score (nSPS) is 15.2. The maximum Gasteiger partial charge on any atom is 0.398 e. The fraction of sp³-hybridized carbons (Fsp3) is 0.294. The second-order valence-electron chi connectivity index (χ2n) is 5.78. The van der Waals surface area contributed by atoms with E-state index in [1.165, 1.54) is 12.1 Å². The molecule has 1 aliphatic carbocycles. The number of amidine groups is 1. The first-order valence-electron chi connectivity index (χ1n) is 7.76. The predicted octanol–water partition coefficient (Wildman–Crippen LogP) is 6.59. The molecule has 3 nitrogen and oxygen atoms in total. The van der Waals surface area contributed by atoms with Gasteiger partial charge in [0.25, 0.3) is 0 Å². The first-order valence-corrected chi connectivity index (χ1v) is 9.50. The lowest BCUT2D eigenvalue weighted by Gasteiger charge is -2.12. The number of hydrogen-bond acceptors (Lipinski definition) is 3. The van der Waals surface area contributed by atoms with Gasteiger partial charge in [0.05, 0.1) is 33.4 Å². The van der Waals surface area contributed by atoms with Crippen molar-refractivity contribution in [1.82, 2.24) is 4.98 Å². The topological polar surface area (TPSA) is 37.3 Å². The van der Waals surface area contributed by atoms with Crippen LogP contribution in [0, 0.1) is 5.92 Å². The zero-order valence-corrected chi connectivity index (χ0v) is 15.7. The fourth-order valence-corrected chi connectivity index (χ4v) is 3.47. The monoisotopic (exact) mass is 419 g/mol. The molecule has 3 rings (SSSR count). The Labute approximate surface area is 163 Å². The van der Waals surface area contributed by atoms with Crippen molar-refractivity contribution in [1.29, 1.82) is 0 Å². The number of anilines is 1. The van der Waals surface area contributed by atoms with Gasteiger partial charge < -0.3 is 5.32 Å². The van der Waals surface area contributed by atoms with Crippen LogP contribution in [0.25, 0.3) is 0 Å². The van der Waals surface area contributed by atoms with Crippen molar-refractivity contribution < 1.29 is 13.2 Å². The highest BCUT2D eigenvalue weighted by molar-refractivity contribution is 7.99. The third kappa shape index (κ3) is 5.53. The third-order valence-corrected chi connectivity index (χ3v) is 5.38. The molecule has 0 aliphatic heterocycles. The van der Waals surface area contributed by atoms with Gasteiger partial charge in [-0.05, 0) is 37.1 Å². The Morgan fingerprint density at radius 1 is 1.27 bits per heavy atom. The summed E-state index contributed by atoms with van der Waals surface area (Å²) in [5.74, 6) is -0.0387. The molecule has 2 aromatic rings. The van der Waals surface area contributed by atoms with Gasteiger partial charge in [0.1, 0.15) is 5.84 Å². The van der Waals surface area contributed by atoms with E-state index in [1.807, 2.05) is 6.07 Å². The maximum atomic E-state index is 12.5. The SMILES string of the molecule is FC(F)(F)CSc1cc(/N=C(\Nc2cccnc2)C2CC2)c(Cl)cc1Cl. The van der Waals surface area contributed by atoms with E-state index in [-0.39, 0.29) is 16.0 Å². The lowest BCUT2D eigenvalue weighted by molar-refractivity contribution is -0.105. The van der Waals surface area contributed by atoms with Crippen molar-refractivity contribution in [2.45, 2.75) is 23.9 Å².